The zero-order valence-corrected chi connectivity index (χ0v) is 16.1. The molecule has 1 aromatic rings. The van der Waals surface area contributed by atoms with E-state index in [0.717, 1.165) is 38.2 Å². The highest BCUT2D eigenvalue weighted by molar-refractivity contribution is 6.33. The van der Waals surface area contributed by atoms with Crippen molar-refractivity contribution in [3.63, 3.8) is 0 Å². The average Bonchev–Trinajstić information content (AvgIpc) is 3.13. The number of nitrogen functional groups attached to an aromatic ring is 1. The van der Waals surface area contributed by atoms with Crippen molar-refractivity contribution < 1.29 is 14.3 Å². The van der Waals surface area contributed by atoms with Gasteiger partial charge in [0.1, 0.15) is 5.75 Å². The van der Waals surface area contributed by atoms with Gasteiger partial charge in [0.15, 0.2) is 0 Å². The van der Waals surface area contributed by atoms with Crippen molar-refractivity contribution in [2.24, 2.45) is 0 Å². The summed E-state index contributed by atoms with van der Waals surface area (Å²) in [6, 6.07) is 1.55. The Labute approximate surface area is 159 Å². The number of likely N-dealkylation sites (tertiary alicyclic amines) is 1. The number of piperidine rings is 1. The number of fused-ring (bicyclic) bond motifs is 1. The average molecular weight is 383 g/mol. The third-order valence-corrected chi connectivity index (χ3v) is 5.47. The molecule has 1 amide bonds. The number of amides is 1. The van der Waals surface area contributed by atoms with Gasteiger partial charge in [-0.2, -0.15) is 0 Å². The summed E-state index contributed by atoms with van der Waals surface area (Å²) in [5, 5.41) is 6.65. The summed E-state index contributed by atoms with van der Waals surface area (Å²) in [7, 11) is 3.63. The Morgan fingerprint density at radius 3 is 3.08 bits per heavy atom. The van der Waals surface area contributed by atoms with Crippen LogP contribution in [0.5, 0.6) is 5.75 Å². The number of nitrogens with two attached hydrogens (primary N) is 1. The van der Waals surface area contributed by atoms with Gasteiger partial charge in [-0.05, 0) is 19.5 Å². The van der Waals surface area contributed by atoms with Crippen molar-refractivity contribution in [2.45, 2.75) is 25.0 Å². The summed E-state index contributed by atoms with van der Waals surface area (Å²) in [6.07, 6.45) is 1.45. The first kappa shape index (κ1) is 19.2. The maximum absolute atomic E-state index is 12.9. The van der Waals surface area contributed by atoms with E-state index in [0.29, 0.717) is 35.1 Å². The fraction of sp³-hybridized carbons (Fsp3) is 0.611. The molecule has 26 heavy (non-hydrogen) atoms. The van der Waals surface area contributed by atoms with Crippen LogP contribution in [0.4, 0.5) is 5.69 Å². The summed E-state index contributed by atoms with van der Waals surface area (Å²) in [5.41, 5.74) is 7.79. The monoisotopic (exact) mass is 382 g/mol. The zero-order chi connectivity index (χ0) is 18.7. The van der Waals surface area contributed by atoms with E-state index in [1.165, 1.54) is 0 Å². The summed E-state index contributed by atoms with van der Waals surface area (Å²) in [5.74, 6) is 0.366. The van der Waals surface area contributed by atoms with Gasteiger partial charge in [0.2, 0.25) is 0 Å². The normalized spacial score (nSPS) is 22.7. The van der Waals surface area contributed by atoms with Crippen molar-refractivity contribution in [1.82, 2.24) is 15.5 Å². The van der Waals surface area contributed by atoms with Crippen LogP contribution in [0.1, 0.15) is 22.3 Å². The van der Waals surface area contributed by atoms with E-state index in [1.807, 2.05) is 7.05 Å². The molecular weight excluding hydrogens is 356 g/mol. The number of nitrogens with zero attached hydrogens (tertiary/aromatic N) is 1. The quantitative estimate of drug-likeness (QED) is 0.633. The molecule has 0 saturated carbocycles. The summed E-state index contributed by atoms with van der Waals surface area (Å²) < 4.78 is 11.3. The van der Waals surface area contributed by atoms with E-state index in [9.17, 15) is 4.79 Å². The van der Waals surface area contributed by atoms with E-state index >= 15 is 0 Å². The first-order chi connectivity index (χ1) is 12.5. The second kappa shape index (κ2) is 8.43. The number of anilines is 1. The minimum Gasteiger partial charge on any atom is -0.492 e. The Bertz CT molecular complexity index is 670. The zero-order valence-electron chi connectivity index (χ0n) is 15.3. The fourth-order valence-electron chi connectivity index (χ4n) is 3.64. The van der Waals surface area contributed by atoms with Crippen LogP contribution in [-0.4, -0.2) is 69.9 Å². The van der Waals surface area contributed by atoms with Gasteiger partial charge >= 0.3 is 0 Å². The van der Waals surface area contributed by atoms with Gasteiger partial charge in [-0.1, -0.05) is 11.6 Å². The molecule has 2 heterocycles. The molecule has 0 radical (unpaired) electrons. The third kappa shape index (κ3) is 3.91. The number of halogens is 1. The van der Waals surface area contributed by atoms with Gasteiger partial charge in [0.05, 0.1) is 35.0 Å². The molecule has 0 aliphatic carbocycles. The number of likely N-dealkylation sites (N-methyl/N-ethyl adjacent to an activating group) is 1. The van der Waals surface area contributed by atoms with Crippen LogP contribution in [0.3, 0.4) is 0 Å². The van der Waals surface area contributed by atoms with E-state index < -0.39 is 0 Å². The number of ether oxygens (including phenoxy) is 2. The number of carbonyl (C=O) groups excluding carboxylic acids is 1. The molecule has 4 N–H and O–H groups in total. The van der Waals surface area contributed by atoms with Crippen LogP contribution in [0, 0.1) is 0 Å². The van der Waals surface area contributed by atoms with Crippen molar-refractivity contribution in [2.75, 3.05) is 52.7 Å². The van der Waals surface area contributed by atoms with Crippen molar-refractivity contribution in [3.05, 3.63) is 22.2 Å². The SMILES string of the molecule is CNCCN1CCC(NC(=O)c2cc(Cl)c(N)c3c2OCC3)C(OC)C1. The Balaban J connectivity index is 1.70. The number of rotatable bonds is 6. The van der Waals surface area contributed by atoms with Crippen molar-refractivity contribution in [3.8, 4) is 5.75 Å². The largest absolute Gasteiger partial charge is 0.492 e. The minimum atomic E-state index is -0.194. The molecule has 1 fully saturated rings. The number of methoxy groups -OCH3 is 1. The predicted molar refractivity (Wildman–Crippen MR) is 102 cm³/mol. The Hall–Kier alpha value is -1.54. The molecule has 7 nitrogen and oxygen atoms in total. The summed E-state index contributed by atoms with van der Waals surface area (Å²) in [6.45, 7) is 4.13. The molecule has 2 atom stereocenters. The highest BCUT2D eigenvalue weighted by Crippen LogP contribution is 2.38. The van der Waals surface area contributed by atoms with Crippen LogP contribution < -0.4 is 21.1 Å². The lowest BCUT2D eigenvalue weighted by atomic mass is 10.00. The number of carbonyl (C=O) groups is 1. The van der Waals surface area contributed by atoms with Gasteiger partial charge in [0, 0.05) is 45.3 Å². The Kier molecular flexibility index (Phi) is 6.24. The molecular formula is C18H27ClN4O3. The van der Waals surface area contributed by atoms with Gasteiger partial charge in [-0.15, -0.1) is 0 Å². The molecule has 1 saturated heterocycles. The van der Waals surface area contributed by atoms with Crippen molar-refractivity contribution in [1.29, 1.82) is 0 Å². The molecule has 3 rings (SSSR count). The third-order valence-electron chi connectivity index (χ3n) is 5.16. The van der Waals surface area contributed by atoms with Gasteiger partial charge < -0.3 is 25.8 Å². The van der Waals surface area contributed by atoms with Crippen LogP contribution in [-0.2, 0) is 11.2 Å². The fourth-order valence-corrected chi connectivity index (χ4v) is 3.86. The minimum absolute atomic E-state index is 0.0493. The predicted octanol–water partition coefficient (Wildman–Crippen LogP) is 0.896. The summed E-state index contributed by atoms with van der Waals surface area (Å²) >= 11 is 6.21. The molecule has 0 bridgehead atoms. The van der Waals surface area contributed by atoms with Gasteiger partial charge in [-0.3, -0.25) is 9.69 Å². The topological polar surface area (TPSA) is 88.9 Å². The van der Waals surface area contributed by atoms with Crippen LogP contribution in [0.25, 0.3) is 0 Å². The lowest BCUT2D eigenvalue weighted by molar-refractivity contribution is 0.00691. The Morgan fingerprint density at radius 2 is 2.35 bits per heavy atom. The molecule has 1 aromatic carbocycles. The Morgan fingerprint density at radius 1 is 1.54 bits per heavy atom. The van der Waals surface area contributed by atoms with Crippen LogP contribution >= 0.6 is 11.6 Å². The molecule has 8 heteroatoms. The molecule has 144 valence electrons. The highest BCUT2D eigenvalue weighted by Gasteiger charge is 2.32. The number of nitrogens with one attached hydrogen (secondary N) is 2. The summed E-state index contributed by atoms with van der Waals surface area (Å²) in [4.78, 5) is 15.2. The van der Waals surface area contributed by atoms with E-state index in [2.05, 4.69) is 15.5 Å². The van der Waals surface area contributed by atoms with Crippen LogP contribution in [0.15, 0.2) is 6.07 Å². The van der Waals surface area contributed by atoms with E-state index in [-0.39, 0.29) is 18.1 Å². The molecule has 2 aliphatic rings. The number of hydrogen-bond acceptors (Lipinski definition) is 6. The van der Waals surface area contributed by atoms with E-state index in [1.54, 1.807) is 13.2 Å². The van der Waals surface area contributed by atoms with Gasteiger partial charge in [0.25, 0.3) is 5.91 Å². The molecule has 0 aromatic heterocycles. The van der Waals surface area contributed by atoms with Gasteiger partial charge in [-0.25, -0.2) is 0 Å². The maximum atomic E-state index is 12.9. The standard InChI is InChI=1S/C18H27ClN4O3/c1-21-5-7-23-6-3-14(15(10-23)25-2)22-18(24)12-9-13(19)16(20)11-4-8-26-17(11)12/h9,14-15,21H,3-8,10,20H2,1-2H3,(H,22,24). The molecule has 0 spiro atoms. The smallest absolute Gasteiger partial charge is 0.255 e. The first-order valence-corrected chi connectivity index (χ1v) is 9.37. The van der Waals surface area contributed by atoms with Crippen LogP contribution in [0.2, 0.25) is 5.02 Å². The maximum Gasteiger partial charge on any atom is 0.255 e. The second-order valence-corrected chi connectivity index (χ2v) is 7.18. The number of hydrogen-bond donors (Lipinski definition) is 3. The van der Waals surface area contributed by atoms with E-state index in [4.69, 9.17) is 26.8 Å². The number of benzene rings is 1. The van der Waals surface area contributed by atoms with Crippen molar-refractivity contribution >= 4 is 23.2 Å². The molecule has 2 aliphatic heterocycles. The molecule has 2 unspecified atom stereocenters. The second-order valence-electron chi connectivity index (χ2n) is 6.77. The lowest BCUT2D eigenvalue weighted by Crippen LogP contribution is -2.55. The first-order valence-electron chi connectivity index (χ1n) is 8.99. The lowest BCUT2D eigenvalue weighted by Gasteiger charge is -2.38. The highest BCUT2D eigenvalue weighted by atomic mass is 35.5.